The van der Waals surface area contributed by atoms with Crippen LogP contribution in [-0.4, -0.2) is 58.0 Å². The van der Waals surface area contributed by atoms with Crippen LogP contribution in [0.4, 0.5) is 10.1 Å². The fourth-order valence-electron chi connectivity index (χ4n) is 4.09. The van der Waals surface area contributed by atoms with Gasteiger partial charge in [-0.05, 0) is 23.8 Å². The fourth-order valence-corrected chi connectivity index (χ4v) is 4.09. The standard InChI is InChI=1S/C23H27FN4O3/c1-26-9-8-25-23(26)22(30)17-4-3-5-18(24)21(17)28-12-10-27(11-13-28)15-16-6-7-20(31-2)19(29)14-16/h3-9,14,22,29-30H,10-13,15H2,1-2H3/t22-/m1/s1. The summed E-state index contributed by atoms with van der Waals surface area (Å²) in [7, 11) is 3.33. The number of phenolic OH excluding ortho intramolecular Hbond substituents is 1. The van der Waals surface area contributed by atoms with Gasteiger partial charge in [0.25, 0.3) is 0 Å². The molecule has 1 fully saturated rings. The molecule has 1 atom stereocenters. The Balaban J connectivity index is 1.48. The number of aryl methyl sites for hydroxylation is 1. The summed E-state index contributed by atoms with van der Waals surface area (Å²) < 4.78 is 21.7. The van der Waals surface area contributed by atoms with Crippen LogP contribution in [-0.2, 0) is 13.6 Å². The molecule has 0 unspecified atom stereocenters. The summed E-state index contributed by atoms with van der Waals surface area (Å²) in [5.41, 5.74) is 1.94. The van der Waals surface area contributed by atoms with E-state index in [1.807, 2.05) is 11.0 Å². The normalized spacial score (nSPS) is 15.8. The first-order chi connectivity index (χ1) is 15.0. The third-order valence-electron chi connectivity index (χ3n) is 5.75. The van der Waals surface area contributed by atoms with Crippen molar-refractivity contribution >= 4 is 5.69 Å². The number of para-hydroxylation sites is 1. The van der Waals surface area contributed by atoms with Gasteiger partial charge in [-0.25, -0.2) is 9.37 Å². The van der Waals surface area contributed by atoms with Gasteiger partial charge in [0.2, 0.25) is 0 Å². The molecule has 1 aromatic heterocycles. The Hall–Kier alpha value is -3.10. The maximum absolute atomic E-state index is 14.9. The van der Waals surface area contributed by atoms with E-state index >= 15 is 0 Å². The van der Waals surface area contributed by atoms with Crippen molar-refractivity contribution in [1.29, 1.82) is 0 Å². The summed E-state index contributed by atoms with van der Waals surface area (Å²) in [4.78, 5) is 8.46. The number of aromatic nitrogens is 2. The molecule has 4 rings (SSSR count). The number of hydrogen-bond donors (Lipinski definition) is 2. The lowest BCUT2D eigenvalue weighted by molar-refractivity contribution is 0.205. The second-order valence-corrected chi connectivity index (χ2v) is 7.75. The number of piperazine rings is 1. The van der Waals surface area contributed by atoms with Crippen LogP contribution in [0.2, 0.25) is 0 Å². The van der Waals surface area contributed by atoms with E-state index in [0.29, 0.717) is 42.5 Å². The van der Waals surface area contributed by atoms with Gasteiger partial charge in [0.1, 0.15) is 17.7 Å². The summed E-state index contributed by atoms with van der Waals surface area (Å²) in [6.07, 6.45) is 2.37. The number of imidazole rings is 1. The third-order valence-corrected chi connectivity index (χ3v) is 5.75. The van der Waals surface area contributed by atoms with Crippen LogP contribution in [0.3, 0.4) is 0 Å². The molecule has 2 aromatic carbocycles. The van der Waals surface area contributed by atoms with Crippen molar-refractivity contribution in [3.05, 3.63) is 71.6 Å². The Morgan fingerprint density at radius 1 is 1.16 bits per heavy atom. The number of hydrogen-bond acceptors (Lipinski definition) is 6. The molecule has 1 saturated heterocycles. The zero-order chi connectivity index (χ0) is 22.0. The topological polar surface area (TPSA) is 74.0 Å². The van der Waals surface area contributed by atoms with E-state index in [0.717, 1.165) is 18.7 Å². The van der Waals surface area contributed by atoms with E-state index in [1.54, 1.807) is 48.3 Å². The van der Waals surface area contributed by atoms with Gasteiger partial charge in [-0.3, -0.25) is 4.90 Å². The van der Waals surface area contributed by atoms with Gasteiger partial charge in [0, 0.05) is 57.7 Å². The van der Waals surface area contributed by atoms with Gasteiger partial charge in [-0.2, -0.15) is 0 Å². The zero-order valence-electron chi connectivity index (χ0n) is 17.7. The zero-order valence-corrected chi connectivity index (χ0v) is 17.7. The number of aliphatic hydroxyl groups is 1. The number of benzene rings is 2. The van der Waals surface area contributed by atoms with Crippen molar-refractivity contribution in [2.75, 3.05) is 38.2 Å². The molecule has 1 aliphatic rings. The van der Waals surface area contributed by atoms with Gasteiger partial charge in [-0.1, -0.05) is 18.2 Å². The van der Waals surface area contributed by atoms with E-state index in [-0.39, 0.29) is 11.6 Å². The molecule has 164 valence electrons. The summed E-state index contributed by atoms with van der Waals surface area (Å²) in [6.45, 7) is 3.41. The number of ether oxygens (including phenoxy) is 1. The smallest absolute Gasteiger partial charge is 0.160 e. The molecule has 0 radical (unpaired) electrons. The first kappa shape index (κ1) is 21.1. The average molecular weight is 426 g/mol. The van der Waals surface area contributed by atoms with Crippen LogP contribution < -0.4 is 9.64 Å². The van der Waals surface area contributed by atoms with Crippen LogP contribution in [0.1, 0.15) is 23.1 Å². The largest absolute Gasteiger partial charge is 0.504 e. The molecule has 1 aliphatic heterocycles. The molecule has 0 aliphatic carbocycles. The molecule has 2 heterocycles. The Morgan fingerprint density at radius 2 is 1.94 bits per heavy atom. The summed E-state index contributed by atoms with van der Waals surface area (Å²) >= 11 is 0. The lowest BCUT2D eigenvalue weighted by Gasteiger charge is -2.37. The van der Waals surface area contributed by atoms with Gasteiger partial charge < -0.3 is 24.4 Å². The minimum atomic E-state index is -1.01. The molecule has 2 N–H and O–H groups in total. The maximum Gasteiger partial charge on any atom is 0.160 e. The van der Waals surface area contributed by atoms with E-state index in [4.69, 9.17) is 4.74 Å². The lowest BCUT2D eigenvalue weighted by Crippen LogP contribution is -2.46. The van der Waals surface area contributed by atoms with Gasteiger partial charge >= 0.3 is 0 Å². The molecular formula is C23H27FN4O3. The minimum Gasteiger partial charge on any atom is -0.504 e. The number of methoxy groups -OCH3 is 1. The molecule has 8 heteroatoms. The summed E-state index contributed by atoms with van der Waals surface area (Å²) in [5, 5.41) is 20.9. The number of phenols is 1. The monoisotopic (exact) mass is 426 g/mol. The lowest BCUT2D eigenvalue weighted by atomic mass is 10.0. The van der Waals surface area contributed by atoms with Gasteiger partial charge in [0.05, 0.1) is 12.8 Å². The van der Waals surface area contributed by atoms with Crippen LogP contribution in [0.25, 0.3) is 0 Å². The first-order valence-electron chi connectivity index (χ1n) is 10.2. The number of aromatic hydroxyl groups is 1. The SMILES string of the molecule is COc1ccc(CN2CCN(c3c(F)cccc3[C@@H](O)c3nccn3C)CC2)cc1O. The third kappa shape index (κ3) is 4.35. The second-order valence-electron chi connectivity index (χ2n) is 7.75. The van der Waals surface area contributed by atoms with Crippen molar-refractivity contribution in [2.45, 2.75) is 12.6 Å². The molecular weight excluding hydrogens is 399 g/mol. The Kier molecular flexibility index (Phi) is 6.11. The number of nitrogens with zero attached hydrogens (tertiary/aromatic N) is 4. The van der Waals surface area contributed by atoms with Crippen molar-refractivity contribution in [1.82, 2.24) is 14.5 Å². The minimum absolute atomic E-state index is 0.123. The molecule has 31 heavy (non-hydrogen) atoms. The first-order valence-corrected chi connectivity index (χ1v) is 10.2. The Bertz CT molecular complexity index is 1050. The molecule has 0 bridgehead atoms. The summed E-state index contributed by atoms with van der Waals surface area (Å²) in [5.74, 6) is 0.703. The van der Waals surface area contributed by atoms with Gasteiger partial charge in [0.15, 0.2) is 11.5 Å². The van der Waals surface area contributed by atoms with E-state index < -0.39 is 6.10 Å². The molecule has 3 aromatic rings. The van der Waals surface area contributed by atoms with Crippen molar-refractivity contribution in [3.8, 4) is 11.5 Å². The predicted octanol–water partition coefficient (Wildman–Crippen LogP) is 2.68. The fraction of sp³-hybridized carbons (Fsp3) is 0.348. The molecule has 0 spiro atoms. The highest BCUT2D eigenvalue weighted by Gasteiger charge is 2.26. The Morgan fingerprint density at radius 3 is 2.58 bits per heavy atom. The molecule has 0 saturated carbocycles. The average Bonchev–Trinajstić information content (AvgIpc) is 3.20. The Labute approximate surface area is 180 Å². The molecule has 7 nitrogen and oxygen atoms in total. The van der Waals surface area contributed by atoms with Crippen molar-refractivity contribution < 1.29 is 19.3 Å². The highest BCUT2D eigenvalue weighted by atomic mass is 19.1. The van der Waals surface area contributed by atoms with Gasteiger partial charge in [-0.15, -0.1) is 0 Å². The second kappa shape index (κ2) is 8.95. The van der Waals surface area contributed by atoms with E-state index in [9.17, 15) is 14.6 Å². The number of rotatable bonds is 6. The highest BCUT2D eigenvalue weighted by molar-refractivity contribution is 5.57. The number of aliphatic hydroxyl groups excluding tert-OH is 1. The van der Waals surface area contributed by atoms with E-state index in [2.05, 4.69) is 9.88 Å². The van der Waals surface area contributed by atoms with Crippen molar-refractivity contribution in [2.24, 2.45) is 7.05 Å². The van der Waals surface area contributed by atoms with Crippen LogP contribution in [0.5, 0.6) is 11.5 Å². The number of anilines is 1. The van der Waals surface area contributed by atoms with Crippen molar-refractivity contribution in [3.63, 3.8) is 0 Å². The summed E-state index contributed by atoms with van der Waals surface area (Å²) in [6, 6.07) is 10.2. The number of halogens is 1. The van der Waals surface area contributed by atoms with Crippen LogP contribution >= 0.6 is 0 Å². The molecule has 0 amide bonds. The van der Waals surface area contributed by atoms with Crippen LogP contribution in [0, 0.1) is 5.82 Å². The quantitative estimate of drug-likeness (QED) is 0.631. The maximum atomic E-state index is 14.9. The highest BCUT2D eigenvalue weighted by Crippen LogP contribution is 2.33. The van der Waals surface area contributed by atoms with E-state index in [1.165, 1.54) is 13.2 Å². The van der Waals surface area contributed by atoms with Crippen LogP contribution in [0.15, 0.2) is 48.8 Å². The predicted molar refractivity (Wildman–Crippen MR) is 116 cm³/mol.